The number of rotatable bonds is 7. The van der Waals surface area contributed by atoms with Crippen molar-refractivity contribution in [3.05, 3.63) is 16.6 Å². The van der Waals surface area contributed by atoms with Gasteiger partial charge in [0.05, 0.1) is 12.6 Å². The molecule has 1 atom stereocenters. The molecule has 0 bridgehead atoms. The van der Waals surface area contributed by atoms with Crippen LogP contribution in [0.3, 0.4) is 0 Å². The molecule has 2 N–H and O–H groups in total. The summed E-state index contributed by atoms with van der Waals surface area (Å²) in [6.45, 7) is 8.07. The molecule has 2 aliphatic rings. The Kier molecular flexibility index (Phi) is 6.67. The van der Waals surface area contributed by atoms with Crippen LogP contribution in [0.2, 0.25) is 0 Å². The van der Waals surface area contributed by atoms with Crippen LogP contribution in [0.1, 0.15) is 37.7 Å². The molecular formula is C18H29N5O3S. The molecule has 2 amide bonds. The van der Waals surface area contributed by atoms with Gasteiger partial charge in [0.15, 0.2) is 0 Å². The molecule has 3 rings (SSSR count). The second kappa shape index (κ2) is 8.99. The summed E-state index contributed by atoms with van der Waals surface area (Å²) < 4.78 is 0. The van der Waals surface area contributed by atoms with E-state index in [0.717, 1.165) is 50.6 Å². The lowest BCUT2D eigenvalue weighted by atomic mass is 9.85. The Morgan fingerprint density at radius 1 is 1.37 bits per heavy atom. The van der Waals surface area contributed by atoms with Crippen LogP contribution in [-0.4, -0.2) is 88.1 Å². The maximum Gasteiger partial charge on any atom is 0.317 e. The van der Waals surface area contributed by atoms with Gasteiger partial charge in [-0.2, -0.15) is 0 Å². The topological polar surface area (TPSA) is 89.0 Å². The van der Waals surface area contributed by atoms with Gasteiger partial charge < -0.3 is 15.3 Å². The summed E-state index contributed by atoms with van der Waals surface area (Å²) in [5.74, 6) is -0.797. The number of urea groups is 1. The van der Waals surface area contributed by atoms with Crippen molar-refractivity contribution in [1.82, 2.24) is 25.0 Å². The van der Waals surface area contributed by atoms with Crippen molar-refractivity contribution < 1.29 is 14.7 Å². The van der Waals surface area contributed by atoms with Crippen LogP contribution in [0.4, 0.5) is 4.79 Å². The SMILES string of the molecule is CCN(CC(=O)O)C1CC(NC(=O)N2CCN(C(C)c3nccs3)CC2)C1. The van der Waals surface area contributed by atoms with Crippen molar-refractivity contribution in [1.29, 1.82) is 0 Å². The van der Waals surface area contributed by atoms with Crippen LogP contribution < -0.4 is 5.32 Å². The minimum absolute atomic E-state index is 0.00119. The van der Waals surface area contributed by atoms with E-state index in [1.807, 2.05) is 28.3 Å². The molecule has 9 heteroatoms. The highest BCUT2D eigenvalue weighted by molar-refractivity contribution is 7.09. The normalized spacial score (nSPS) is 24.5. The summed E-state index contributed by atoms with van der Waals surface area (Å²) in [7, 11) is 0. The first-order valence-corrected chi connectivity index (χ1v) is 10.5. The van der Waals surface area contributed by atoms with Crippen molar-refractivity contribution in [2.24, 2.45) is 0 Å². The Balaban J connectivity index is 1.39. The molecule has 1 unspecified atom stereocenters. The fourth-order valence-electron chi connectivity index (χ4n) is 3.85. The quantitative estimate of drug-likeness (QED) is 0.727. The number of carbonyl (C=O) groups excluding carboxylic acids is 1. The molecule has 8 nitrogen and oxygen atoms in total. The smallest absolute Gasteiger partial charge is 0.317 e. The summed E-state index contributed by atoms with van der Waals surface area (Å²) >= 11 is 1.67. The second-order valence-corrected chi connectivity index (χ2v) is 8.22. The molecule has 27 heavy (non-hydrogen) atoms. The number of piperazine rings is 1. The lowest BCUT2D eigenvalue weighted by molar-refractivity contribution is -0.139. The summed E-state index contributed by atoms with van der Waals surface area (Å²) in [5, 5.41) is 15.2. The Bertz CT molecular complexity index is 627. The Morgan fingerprint density at radius 2 is 2.07 bits per heavy atom. The van der Waals surface area contributed by atoms with Gasteiger partial charge in [-0.1, -0.05) is 6.92 Å². The van der Waals surface area contributed by atoms with Crippen LogP contribution in [0.25, 0.3) is 0 Å². The van der Waals surface area contributed by atoms with Crippen molar-refractivity contribution in [2.45, 2.75) is 44.8 Å². The van der Waals surface area contributed by atoms with Gasteiger partial charge in [-0.05, 0) is 26.3 Å². The number of aliphatic carboxylic acids is 1. The minimum Gasteiger partial charge on any atom is -0.480 e. The maximum atomic E-state index is 12.5. The average Bonchev–Trinajstić information content (AvgIpc) is 3.16. The second-order valence-electron chi connectivity index (χ2n) is 7.30. The van der Waals surface area contributed by atoms with E-state index in [1.54, 1.807) is 11.3 Å². The third kappa shape index (κ3) is 4.97. The zero-order valence-corrected chi connectivity index (χ0v) is 16.8. The monoisotopic (exact) mass is 395 g/mol. The lowest BCUT2D eigenvalue weighted by Gasteiger charge is -2.43. The Morgan fingerprint density at radius 3 is 2.63 bits per heavy atom. The van der Waals surface area contributed by atoms with Gasteiger partial charge in [0.1, 0.15) is 5.01 Å². The first-order valence-electron chi connectivity index (χ1n) is 9.62. The molecule has 150 valence electrons. The van der Waals surface area contributed by atoms with E-state index in [2.05, 4.69) is 22.1 Å². The van der Waals surface area contributed by atoms with Gasteiger partial charge in [0, 0.05) is 49.8 Å². The lowest BCUT2D eigenvalue weighted by Crippen LogP contribution is -2.59. The molecule has 1 saturated heterocycles. The molecule has 1 aliphatic heterocycles. The van der Waals surface area contributed by atoms with Crippen LogP contribution in [0, 0.1) is 0 Å². The van der Waals surface area contributed by atoms with Crippen LogP contribution in [0.5, 0.6) is 0 Å². The van der Waals surface area contributed by atoms with Crippen molar-refractivity contribution >= 4 is 23.3 Å². The molecular weight excluding hydrogens is 366 g/mol. The number of carboxylic acid groups (broad SMARTS) is 1. The van der Waals surface area contributed by atoms with E-state index in [4.69, 9.17) is 5.11 Å². The highest BCUT2D eigenvalue weighted by atomic mass is 32.1. The van der Waals surface area contributed by atoms with Crippen LogP contribution in [-0.2, 0) is 4.79 Å². The Labute approximate surface area is 164 Å². The maximum absolute atomic E-state index is 12.5. The Hall–Kier alpha value is -1.71. The van der Waals surface area contributed by atoms with Gasteiger partial charge >= 0.3 is 12.0 Å². The number of hydrogen-bond acceptors (Lipinski definition) is 6. The predicted octanol–water partition coefficient (Wildman–Crippen LogP) is 1.47. The zero-order chi connectivity index (χ0) is 19.4. The van der Waals surface area contributed by atoms with Gasteiger partial charge in [-0.3, -0.25) is 14.6 Å². The molecule has 1 aromatic rings. The van der Waals surface area contributed by atoms with E-state index in [0.29, 0.717) is 0 Å². The van der Waals surface area contributed by atoms with Crippen LogP contribution >= 0.6 is 11.3 Å². The van der Waals surface area contributed by atoms with Crippen molar-refractivity contribution in [3.63, 3.8) is 0 Å². The third-order valence-corrected chi connectivity index (χ3v) is 6.61. The number of carbonyl (C=O) groups is 2. The summed E-state index contributed by atoms with van der Waals surface area (Å²) in [4.78, 5) is 34.0. The van der Waals surface area contributed by atoms with Gasteiger partial charge in [-0.25, -0.2) is 9.78 Å². The van der Waals surface area contributed by atoms with E-state index < -0.39 is 5.97 Å². The number of likely N-dealkylation sites (N-methyl/N-ethyl adjacent to an activating group) is 1. The number of nitrogens with zero attached hydrogens (tertiary/aromatic N) is 4. The standard InChI is InChI=1S/C18H29N5O3S/c1-3-21(12-16(24)25)15-10-14(11-15)20-18(26)23-7-5-22(6-8-23)13(2)17-19-4-9-27-17/h4,9,13-15H,3,5-8,10-12H2,1-2H3,(H,20,26)(H,24,25). The first kappa shape index (κ1) is 20.0. The molecule has 1 aromatic heterocycles. The van der Waals surface area contributed by atoms with Gasteiger partial charge in [-0.15, -0.1) is 11.3 Å². The number of thiazole rings is 1. The van der Waals surface area contributed by atoms with Crippen LogP contribution in [0.15, 0.2) is 11.6 Å². The van der Waals surface area contributed by atoms with Gasteiger partial charge in [0.2, 0.25) is 0 Å². The van der Waals surface area contributed by atoms with E-state index in [1.165, 1.54) is 0 Å². The largest absolute Gasteiger partial charge is 0.480 e. The fourth-order valence-corrected chi connectivity index (χ4v) is 4.58. The zero-order valence-electron chi connectivity index (χ0n) is 16.0. The summed E-state index contributed by atoms with van der Waals surface area (Å²) in [6, 6.07) is 0.697. The summed E-state index contributed by atoms with van der Waals surface area (Å²) in [5.41, 5.74) is 0. The molecule has 0 radical (unpaired) electrons. The number of carboxylic acids is 1. The molecule has 0 aromatic carbocycles. The molecule has 1 saturated carbocycles. The van der Waals surface area contributed by atoms with Crippen molar-refractivity contribution in [3.8, 4) is 0 Å². The number of nitrogens with one attached hydrogen (secondary N) is 1. The highest BCUT2D eigenvalue weighted by Gasteiger charge is 2.36. The van der Waals surface area contributed by atoms with E-state index in [9.17, 15) is 9.59 Å². The number of hydrogen-bond donors (Lipinski definition) is 2. The first-order chi connectivity index (χ1) is 13.0. The fraction of sp³-hybridized carbons (Fsp3) is 0.722. The molecule has 2 fully saturated rings. The highest BCUT2D eigenvalue weighted by Crippen LogP contribution is 2.26. The molecule has 1 aliphatic carbocycles. The average molecular weight is 396 g/mol. The molecule has 2 heterocycles. The molecule has 0 spiro atoms. The number of amides is 2. The third-order valence-electron chi connectivity index (χ3n) is 5.66. The van der Waals surface area contributed by atoms with Crippen molar-refractivity contribution in [2.75, 3.05) is 39.3 Å². The summed E-state index contributed by atoms with van der Waals surface area (Å²) in [6.07, 6.45) is 3.49. The predicted molar refractivity (Wildman–Crippen MR) is 104 cm³/mol. The number of aromatic nitrogens is 1. The van der Waals surface area contributed by atoms with E-state index >= 15 is 0 Å². The van der Waals surface area contributed by atoms with E-state index in [-0.39, 0.29) is 30.7 Å². The minimum atomic E-state index is -0.797. The van der Waals surface area contributed by atoms with Gasteiger partial charge in [0.25, 0.3) is 0 Å².